The zero-order chi connectivity index (χ0) is 12.5. The van der Waals surface area contributed by atoms with E-state index >= 15 is 0 Å². The SMILES string of the molecule is CC1CCC(S(=O)(=O)C2CCC(C)CC2)CC1. The van der Waals surface area contributed by atoms with Crippen molar-refractivity contribution in [3.05, 3.63) is 0 Å². The Morgan fingerprint density at radius 2 is 0.941 bits per heavy atom. The summed E-state index contributed by atoms with van der Waals surface area (Å²) < 4.78 is 25.1. The lowest BCUT2D eigenvalue weighted by atomic mass is 9.90. The van der Waals surface area contributed by atoms with Crippen molar-refractivity contribution in [3.63, 3.8) is 0 Å². The molecule has 0 atom stereocenters. The third kappa shape index (κ3) is 3.04. The summed E-state index contributed by atoms with van der Waals surface area (Å²) >= 11 is 0. The summed E-state index contributed by atoms with van der Waals surface area (Å²) in [7, 11) is -2.83. The highest BCUT2D eigenvalue weighted by molar-refractivity contribution is 7.92. The van der Waals surface area contributed by atoms with Gasteiger partial charge in [0.15, 0.2) is 9.84 Å². The Kier molecular flexibility index (Phi) is 4.17. The average Bonchev–Trinajstić information content (AvgIpc) is 2.30. The largest absolute Gasteiger partial charge is 0.228 e. The van der Waals surface area contributed by atoms with Gasteiger partial charge in [0.05, 0.1) is 10.5 Å². The summed E-state index contributed by atoms with van der Waals surface area (Å²) in [6.07, 6.45) is 8.07. The second kappa shape index (κ2) is 5.29. The molecule has 0 aromatic heterocycles. The van der Waals surface area contributed by atoms with E-state index in [1.54, 1.807) is 0 Å². The van der Waals surface area contributed by atoms with Crippen LogP contribution >= 0.6 is 0 Å². The van der Waals surface area contributed by atoms with Gasteiger partial charge in [-0.2, -0.15) is 0 Å². The van der Waals surface area contributed by atoms with Crippen LogP contribution in [0.1, 0.15) is 65.2 Å². The van der Waals surface area contributed by atoms with Gasteiger partial charge >= 0.3 is 0 Å². The molecule has 0 aromatic rings. The summed E-state index contributed by atoms with van der Waals surface area (Å²) in [6.45, 7) is 4.48. The number of sulfone groups is 1. The molecule has 2 aliphatic carbocycles. The summed E-state index contributed by atoms with van der Waals surface area (Å²) in [5.41, 5.74) is 0. The van der Waals surface area contributed by atoms with E-state index in [1.165, 1.54) is 0 Å². The first-order valence-corrected chi connectivity index (χ1v) is 8.83. The second-order valence-corrected chi connectivity index (χ2v) is 8.86. The Labute approximate surface area is 106 Å². The standard InChI is InChI=1S/C14H26O2S/c1-11-3-7-13(8-4-11)17(15,16)14-9-5-12(2)6-10-14/h11-14H,3-10H2,1-2H3. The molecule has 100 valence electrons. The molecule has 0 heterocycles. The molecular weight excluding hydrogens is 232 g/mol. The van der Waals surface area contributed by atoms with Crippen molar-refractivity contribution in [2.24, 2.45) is 11.8 Å². The number of rotatable bonds is 2. The lowest BCUT2D eigenvalue weighted by Gasteiger charge is -2.32. The van der Waals surface area contributed by atoms with Crippen molar-refractivity contribution in [2.45, 2.75) is 75.7 Å². The molecule has 2 nitrogen and oxygen atoms in total. The monoisotopic (exact) mass is 258 g/mol. The Hall–Kier alpha value is -0.0500. The van der Waals surface area contributed by atoms with E-state index in [-0.39, 0.29) is 10.5 Å². The minimum Gasteiger partial charge on any atom is -0.228 e. The number of hydrogen-bond donors (Lipinski definition) is 0. The zero-order valence-electron chi connectivity index (χ0n) is 11.2. The Morgan fingerprint density at radius 3 is 1.24 bits per heavy atom. The maximum Gasteiger partial charge on any atom is 0.156 e. The topological polar surface area (TPSA) is 34.1 Å². The van der Waals surface area contributed by atoms with Crippen LogP contribution in [-0.4, -0.2) is 18.9 Å². The van der Waals surface area contributed by atoms with E-state index in [0.717, 1.165) is 63.2 Å². The molecule has 0 saturated heterocycles. The van der Waals surface area contributed by atoms with Crippen molar-refractivity contribution >= 4 is 9.84 Å². The fourth-order valence-electron chi connectivity index (χ4n) is 3.39. The lowest BCUT2D eigenvalue weighted by molar-refractivity contribution is 0.361. The Bertz CT molecular complexity index is 303. The molecule has 17 heavy (non-hydrogen) atoms. The first-order valence-electron chi connectivity index (χ1n) is 7.23. The molecule has 0 aliphatic heterocycles. The van der Waals surface area contributed by atoms with Crippen LogP contribution in [0.4, 0.5) is 0 Å². The molecule has 0 unspecified atom stereocenters. The smallest absolute Gasteiger partial charge is 0.156 e. The highest BCUT2D eigenvalue weighted by Crippen LogP contribution is 2.35. The molecule has 3 heteroatoms. The van der Waals surface area contributed by atoms with Crippen molar-refractivity contribution < 1.29 is 8.42 Å². The summed E-state index contributed by atoms with van der Waals surface area (Å²) in [5.74, 6) is 1.46. The molecule has 0 bridgehead atoms. The predicted octanol–water partition coefficient (Wildman–Crippen LogP) is 3.56. The molecule has 0 amide bonds. The van der Waals surface area contributed by atoms with Gasteiger partial charge in [-0.1, -0.05) is 13.8 Å². The van der Waals surface area contributed by atoms with Crippen molar-refractivity contribution in [2.75, 3.05) is 0 Å². The van der Waals surface area contributed by atoms with Gasteiger partial charge < -0.3 is 0 Å². The van der Waals surface area contributed by atoms with Gasteiger partial charge in [0.1, 0.15) is 0 Å². The first-order chi connectivity index (χ1) is 8.00. The fourth-order valence-corrected chi connectivity index (χ4v) is 5.79. The normalized spacial score (nSPS) is 40.1. The van der Waals surface area contributed by atoms with E-state index in [2.05, 4.69) is 13.8 Å². The van der Waals surface area contributed by atoms with Gasteiger partial charge in [-0.15, -0.1) is 0 Å². The molecule has 0 radical (unpaired) electrons. The van der Waals surface area contributed by atoms with Gasteiger partial charge in [-0.05, 0) is 63.2 Å². The van der Waals surface area contributed by atoms with Gasteiger partial charge in [-0.25, -0.2) is 8.42 Å². The Morgan fingerprint density at radius 1 is 0.647 bits per heavy atom. The zero-order valence-corrected chi connectivity index (χ0v) is 12.0. The molecule has 0 spiro atoms. The van der Waals surface area contributed by atoms with Crippen LogP contribution in [0.5, 0.6) is 0 Å². The Balaban J connectivity index is 1.98. The molecule has 2 fully saturated rings. The summed E-state index contributed by atoms with van der Waals surface area (Å²) in [6, 6.07) is 0. The third-order valence-electron chi connectivity index (χ3n) is 4.85. The van der Waals surface area contributed by atoms with E-state index in [4.69, 9.17) is 0 Å². The molecular formula is C14H26O2S. The van der Waals surface area contributed by atoms with Crippen LogP contribution in [-0.2, 0) is 9.84 Å². The van der Waals surface area contributed by atoms with Gasteiger partial charge in [0.2, 0.25) is 0 Å². The third-order valence-corrected chi connectivity index (χ3v) is 7.66. The van der Waals surface area contributed by atoms with Crippen LogP contribution in [0.25, 0.3) is 0 Å². The lowest BCUT2D eigenvalue weighted by Crippen LogP contribution is -2.36. The van der Waals surface area contributed by atoms with E-state index in [0.29, 0.717) is 0 Å². The fraction of sp³-hybridized carbons (Fsp3) is 1.00. The molecule has 0 N–H and O–H groups in total. The van der Waals surface area contributed by atoms with E-state index in [9.17, 15) is 8.42 Å². The minimum atomic E-state index is -2.83. The molecule has 2 aliphatic rings. The number of hydrogen-bond acceptors (Lipinski definition) is 2. The molecule has 2 saturated carbocycles. The van der Waals surface area contributed by atoms with Crippen molar-refractivity contribution in [1.82, 2.24) is 0 Å². The predicted molar refractivity (Wildman–Crippen MR) is 71.8 cm³/mol. The second-order valence-electron chi connectivity index (χ2n) is 6.35. The quantitative estimate of drug-likeness (QED) is 0.759. The van der Waals surface area contributed by atoms with E-state index in [1.807, 2.05) is 0 Å². The van der Waals surface area contributed by atoms with Crippen LogP contribution in [0, 0.1) is 11.8 Å². The van der Waals surface area contributed by atoms with E-state index < -0.39 is 9.84 Å². The molecule has 0 aromatic carbocycles. The van der Waals surface area contributed by atoms with Crippen LogP contribution in [0.2, 0.25) is 0 Å². The van der Waals surface area contributed by atoms with Crippen LogP contribution in [0.15, 0.2) is 0 Å². The van der Waals surface area contributed by atoms with Crippen molar-refractivity contribution in [1.29, 1.82) is 0 Å². The van der Waals surface area contributed by atoms with Gasteiger partial charge in [-0.3, -0.25) is 0 Å². The van der Waals surface area contributed by atoms with Crippen molar-refractivity contribution in [3.8, 4) is 0 Å². The first kappa shape index (κ1) is 13.4. The minimum absolute atomic E-state index is 0.0166. The summed E-state index contributed by atoms with van der Waals surface area (Å²) in [5, 5.41) is -0.0331. The maximum atomic E-state index is 12.6. The molecule has 2 rings (SSSR count). The average molecular weight is 258 g/mol. The van der Waals surface area contributed by atoms with Crippen LogP contribution < -0.4 is 0 Å². The van der Waals surface area contributed by atoms with Crippen LogP contribution in [0.3, 0.4) is 0 Å². The van der Waals surface area contributed by atoms with Gasteiger partial charge in [0.25, 0.3) is 0 Å². The van der Waals surface area contributed by atoms with Gasteiger partial charge in [0, 0.05) is 0 Å². The highest BCUT2D eigenvalue weighted by atomic mass is 32.2. The maximum absolute atomic E-state index is 12.6. The highest BCUT2D eigenvalue weighted by Gasteiger charge is 2.37. The summed E-state index contributed by atoms with van der Waals surface area (Å²) in [4.78, 5) is 0.